The first kappa shape index (κ1) is 21.0. The van der Waals surface area contributed by atoms with E-state index in [2.05, 4.69) is 0 Å². The van der Waals surface area contributed by atoms with E-state index in [1.165, 1.54) is 12.1 Å². The molecule has 0 atom stereocenters. The molecule has 0 radical (unpaired) electrons. The van der Waals surface area contributed by atoms with Gasteiger partial charge in [-0.15, -0.1) is 11.3 Å². The topological polar surface area (TPSA) is 99.1 Å². The molecule has 0 fully saturated rings. The zero-order valence-corrected chi connectivity index (χ0v) is 18.5. The van der Waals surface area contributed by atoms with Gasteiger partial charge in [0.1, 0.15) is 0 Å². The lowest BCUT2D eigenvalue weighted by Crippen LogP contribution is -2.36. The van der Waals surface area contributed by atoms with Crippen molar-refractivity contribution in [2.24, 2.45) is 0 Å². The number of ether oxygens (including phenoxy) is 2. The van der Waals surface area contributed by atoms with Gasteiger partial charge in [-0.3, -0.25) is 0 Å². The zero-order valence-electron chi connectivity index (χ0n) is 16.9. The smallest absolute Gasteiger partial charge is 0.348 e. The lowest BCUT2D eigenvalue weighted by molar-refractivity contribution is -0.0464. The minimum atomic E-state index is -4.21. The number of benzene rings is 3. The van der Waals surface area contributed by atoms with Crippen molar-refractivity contribution in [3.63, 3.8) is 0 Å². The Hall–Kier alpha value is -3.82. The molecule has 33 heavy (non-hydrogen) atoms. The first-order chi connectivity index (χ1) is 15.9. The quantitative estimate of drug-likeness (QED) is 0.393. The van der Waals surface area contributed by atoms with E-state index in [0.29, 0.717) is 11.1 Å². The Morgan fingerprint density at radius 2 is 1.52 bits per heavy atom. The van der Waals surface area contributed by atoms with E-state index in [4.69, 9.17) is 13.7 Å². The fourth-order valence-corrected chi connectivity index (χ4v) is 5.42. The maximum atomic E-state index is 12.8. The van der Waals surface area contributed by atoms with E-state index in [9.17, 15) is 18.3 Å². The standard InChI is InChI=1S/C24H16O7S2/c25-23(26)16-14-19-22(20(15-16)31-33(27,28)21-12-7-13-32-21)30-24(29-19,17-8-3-1-4-9-17)18-10-5-2-6-11-18/h1-15H,(H,25,26). The first-order valence-electron chi connectivity index (χ1n) is 9.77. The predicted molar refractivity (Wildman–Crippen MR) is 120 cm³/mol. The predicted octanol–water partition coefficient (Wildman–Crippen LogP) is 4.89. The summed E-state index contributed by atoms with van der Waals surface area (Å²) in [6.07, 6.45) is 0. The average Bonchev–Trinajstić information content (AvgIpc) is 3.50. The van der Waals surface area contributed by atoms with Crippen LogP contribution in [0.15, 0.2) is 94.5 Å². The second kappa shape index (κ2) is 7.95. The van der Waals surface area contributed by atoms with Crippen LogP contribution in [-0.2, 0) is 15.9 Å². The van der Waals surface area contributed by atoms with Crippen molar-refractivity contribution in [3.8, 4) is 17.2 Å². The summed E-state index contributed by atoms with van der Waals surface area (Å²) in [5, 5.41) is 11.2. The Bertz CT molecular complexity index is 1380. The number of hydrogen-bond acceptors (Lipinski definition) is 7. The molecular weight excluding hydrogens is 464 g/mol. The van der Waals surface area contributed by atoms with Crippen LogP contribution in [-0.4, -0.2) is 19.5 Å². The molecule has 0 saturated carbocycles. The summed E-state index contributed by atoms with van der Waals surface area (Å²) in [4.78, 5) is 11.7. The van der Waals surface area contributed by atoms with Gasteiger partial charge >= 0.3 is 21.9 Å². The largest absolute Gasteiger partial charge is 0.478 e. The molecule has 0 saturated heterocycles. The highest BCUT2D eigenvalue weighted by Crippen LogP contribution is 2.53. The number of hydrogen-bond donors (Lipinski definition) is 1. The van der Waals surface area contributed by atoms with Gasteiger partial charge in [0.15, 0.2) is 15.7 Å². The average molecular weight is 481 g/mol. The molecule has 0 bridgehead atoms. The number of carboxylic acids is 1. The van der Waals surface area contributed by atoms with Gasteiger partial charge in [-0.1, -0.05) is 66.7 Å². The van der Waals surface area contributed by atoms with Crippen LogP contribution in [0, 0.1) is 0 Å². The number of fused-ring (bicyclic) bond motifs is 1. The third-order valence-corrected chi connectivity index (χ3v) is 7.61. The van der Waals surface area contributed by atoms with Crippen LogP contribution >= 0.6 is 11.3 Å². The Morgan fingerprint density at radius 3 is 2.06 bits per heavy atom. The molecule has 5 rings (SSSR count). The molecule has 4 aromatic rings. The molecule has 3 aromatic carbocycles. The summed E-state index contributed by atoms with van der Waals surface area (Å²) in [6.45, 7) is 0. The molecular formula is C24H16O7S2. The maximum absolute atomic E-state index is 12.8. The molecule has 1 aliphatic heterocycles. The van der Waals surface area contributed by atoms with Crippen LogP contribution < -0.4 is 13.7 Å². The molecule has 1 aromatic heterocycles. The van der Waals surface area contributed by atoms with Crippen molar-refractivity contribution in [1.29, 1.82) is 0 Å². The summed E-state index contributed by atoms with van der Waals surface area (Å²) in [5.74, 6) is -2.96. The zero-order chi connectivity index (χ0) is 23.1. The van der Waals surface area contributed by atoms with Crippen molar-refractivity contribution < 1.29 is 32.0 Å². The van der Waals surface area contributed by atoms with E-state index in [1.54, 1.807) is 35.7 Å². The lowest BCUT2D eigenvalue weighted by Gasteiger charge is -2.28. The Kier molecular flexibility index (Phi) is 5.07. The Morgan fingerprint density at radius 1 is 0.879 bits per heavy atom. The van der Waals surface area contributed by atoms with Gasteiger partial charge in [-0.2, -0.15) is 8.42 Å². The summed E-state index contributed by atoms with van der Waals surface area (Å²) in [7, 11) is -4.21. The van der Waals surface area contributed by atoms with Gasteiger partial charge in [0.2, 0.25) is 5.75 Å². The van der Waals surface area contributed by atoms with Crippen LogP contribution in [0.25, 0.3) is 0 Å². The minimum absolute atomic E-state index is 0.00663. The fourth-order valence-electron chi connectivity index (χ4n) is 3.54. The normalized spacial score (nSPS) is 14.1. The number of aromatic carboxylic acids is 1. The van der Waals surface area contributed by atoms with E-state index in [-0.39, 0.29) is 27.0 Å². The third kappa shape index (κ3) is 3.71. The molecule has 7 nitrogen and oxygen atoms in total. The van der Waals surface area contributed by atoms with Crippen molar-refractivity contribution in [3.05, 3.63) is 107 Å². The fraction of sp³-hybridized carbons (Fsp3) is 0.0417. The molecule has 1 aliphatic rings. The number of carbonyl (C=O) groups is 1. The van der Waals surface area contributed by atoms with E-state index in [1.807, 2.05) is 36.4 Å². The van der Waals surface area contributed by atoms with Crippen molar-refractivity contribution in [2.75, 3.05) is 0 Å². The SMILES string of the molecule is O=C(O)c1cc2c(c(OS(=O)(=O)c3cccs3)c1)OC(c1ccccc1)(c1ccccc1)O2. The highest BCUT2D eigenvalue weighted by Gasteiger charge is 2.47. The number of thiophene rings is 1. The number of rotatable bonds is 6. The van der Waals surface area contributed by atoms with E-state index >= 15 is 0 Å². The molecule has 0 spiro atoms. The lowest BCUT2D eigenvalue weighted by atomic mass is 9.97. The van der Waals surface area contributed by atoms with Crippen LogP contribution in [0.1, 0.15) is 21.5 Å². The summed E-state index contributed by atoms with van der Waals surface area (Å²) >= 11 is 0.985. The monoisotopic (exact) mass is 480 g/mol. The van der Waals surface area contributed by atoms with Crippen LogP contribution in [0.4, 0.5) is 0 Å². The molecule has 1 N–H and O–H groups in total. The van der Waals surface area contributed by atoms with Crippen molar-refractivity contribution in [1.82, 2.24) is 0 Å². The highest BCUT2D eigenvalue weighted by molar-refractivity contribution is 7.89. The second-order valence-electron chi connectivity index (χ2n) is 7.13. The molecule has 2 heterocycles. The Labute approximate surface area is 193 Å². The Balaban J connectivity index is 1.67. The maximum Gasteiger partial charge on any atom is 0.348 e. The van der Waals surface area contributed by atoms with E-state index in [0.717, 1.165) is 17.4 Å². The van der Waals surface area contributed by atoms with Crippen molar-refractivity contribution in [2.45, 2.75) is 10.00 Å². The molecule has 0 unspecified atom stereocenters. The number of carboxylic acid groups (broad SMARTS) is 1. The van der Waals surface area contributed by atoms with Gasteiger partial charge in [0.05, 0.1) is 5.56 Å². The van der Waals surface area contributed by atoms with Gasteiger partial charge in [-0.25, -0.2) is 4.79 Å². The molecule has 0 aliphatic carbocycles. The molecule has 9 heteroatoms. The third-order valence-electron chi connectivity index (χ3n) is 5.02. The first-order valence-corrected chi connectivity index (χ1v) is 12.1. The summed E-state index contributed by atoms with van der Waals surface area (Å²) < 4.78 is 43.5. The van der Waals surface area contributed by atoms with Gasteiger partial charge in [-0.05, 0) is 17.5 Å². The summed E-state index contributed by atoms with van der Waals surface area (Å²) in [5.41, 5.74) is 1.07. The van der Waals surface area contributed by atoms with Gasteiger partial charge in [0, 0.05) is 17.2 Å². The van der Waals surface area contributed by atoms with Crippen molar-refractivity contribution >= 4 is 27.4 Å². The van der Waals surface area contributed by atoms with Crippen LogP contribution in [0.2, 0.25) is 0 Å². The van der Waals surface area contributed by atoms with Crippen LogP contribution in [0.5, 0.6) is 17.2 Å². The van der Waals surface area contributed by atoms with Crippen LogP contribution in [0.3, 0.4) is 0 Å². The van der Waals surface area contributed by atoms with E-state index < -0.39 is 21.9 Å². The second-order valence-corrected chi connectivity index (χ2v) is 9.85. The minimum Gasteiger partial charge on any atom is -0.478 e. The molecule has 0 amide bonds. The molecule has 166 valence electrons. The highest BCUT2D eigenvalue weighted by atomic mass is 32.3. The van der Waals surface area contributed by atoms with Gasteiger partial charge in [0.25, 0.3) is 0 Å². The summed E-state index contributed by atoms with van der Waals surface area (Å²) in [6, 6.07) is 23.6. The van der Waals surface area contributed by atoms with Gasteiger partial charge < -0.3 is 18.8 Å².